The lowest BCUT2D eigenvalue weighted by Gasteiger charge is -2.47. The van der Waals surface area contributed by atoms with Gasteiger partial charge in [-0.15, -0.1) is 24.9 Å². The molecular weight excluding hydrogens is 1590 g/mol. The summed E-state index contributed by atoms with van der Waals surface area (Å²) in [5.41, 5.74) is 10.7. The van der Waals surface area contributed by atoms with Crippen LogP contribution in [0.4, 0.5) is 13.2 Å². The predicted octanol–water partition coefficient (Wildman–Crippen LogP) is 14.2. The van der Waals surface area contributed by atoms with E-state index in [4.69, 9.17) is 89.7 Å². The number of hydrogen-bond donors (Lipinski definition) is 8. The van der Waals surface area contributed by atoms with Crippen molar-refractivity contribution in [1.29, 1.82) is 0 Å². The molecule has 6 aliphatic rings. The van der Waals surface area contributed by atoms with Crippen molar-refractivity contribution in [1.82, 2.24) is 16.1 Å². The molecule has 4 aromatic carbocycles. The summed E-state index contributed by atoms with van der Waals surface area (Å²) in [5, 5.41) is 49.9. The average molecular weight is 1730 g/mol. The fourth-order valence-electron chi connectivity index (χ4n) is 15.6. The molecule has 9 N–H and O–H groups in total. The molecule has 682 valence electrons. The van der Waals surface area contributed by atoms with Gasteiger partial charge in [-0.1, -0.05) is 96.2 Å². The van der Waals surface area contributed by atoms with Crippen molar-refractivity contribution in [3.63, 3.8) is 0 Å². The van der Waals surface area contributed by atoms with Gasteiger partial charge in [0.15, 0.2) is 24.0 Å². The Kier molecular flexibility index (Phi) is 55.8. The highest BCUT2D eigenvalue weighted by Gasteiger charge is 2.51. The van der Waals surface area contributed by atoms with Crippen molar-refractivity contribution >= 4 is 41.4 Å². The Labute approximate surface area is 722 Å². The van der Waals surface area contributed by atoms with Gasteiger partial charge < -0.3 is 103 Å². The van der Waals surface area contributed by atoms with Gasteiger partial charge in [-0.25, -0.2) is 13.2 Å². The number of benzene rings is 4. The summed E-state index contributed by atoms with van der Waals surface area (Å²) >= 11 is 5.41. The normalized spacial score (nSPS) is 23.8. The van der Waals surface area contributed by atoms with E-state index in [0.717, 1.165) is 102 Å². The van der Waals surface area contributed by atoms with E-state index in [1.807, 2.05) is 30.4 Å². The van der Waals surface area contributed by atoms with Gasteiger partial charge in [-0.05, 0) is 165 Å². The molecule has 10 rings (SSSR count). The first-order valence-electron chi connectivity index (χ1n) is 41.4. The Bertz CT molecular complexity index is 3530. The van der Waals surface area contributed by atoms with Crippen molar-refractivity contribution in [2.24, 2.45) is 39.7 Å². The maximum Gasteiger partial charge on any atom is 0.257 e. The number of carbonyl (C=O) groups is 2. The number of thiocarbonyl (C=S) groups is 1. The monoisotopic (exact) mass is 1730 g/mol. The first-order valence-corrected chi connectivity index (χ1v) is 41.9. The van der Waals surface area contributed by atoms with E-state index >= 15 is 0 Å². The number of methoxy groups -OCH3 is 12. The number of halogens is 3. The quantitative estimate of drug-likeness (QED) is 0.00395. The number of hydroxylamine groups is 1. The Morgan fingerprint density at radius 3 is 1.58 bits per heavy atom. The highest BCUT2D eigenvalue weighted by Crippen LogP contribution is 2.47. The lowest BCUT2D eigenvalue weighted by molar-refractivity contribution is -0.118. The van der Waals surface area contributed by atoms with Gasteiger partial charge >= 0.3 is 0 Å². The molecule has 1 saturated heterocycles. The summed E-state index contributed by atoms with van der Waals surface area (Å²) in [7, 11) is 19.8. The van der Waals surface area contributed by atoms with Crippen LogP contribution in [0.1, 0.15) is 175 Å². The van der Waals surface area contributed by atoms with E-state index in [0.29, 0.717) is 99.5 Å². The summed E-state index contributed by atoms with van der Waals surface area (Å²) in [5.74, 6) is -0.880. The number of rotatable bonds is 37. The zero-order valence-electron chi connectivity index (χ0n) is 73.3. The molecule has 1 amide bonds. The van der Waals surface area contributed by atoms with Crippen LogP contribution in [0.15, 0.2) is 151 Å². The highest BCUT2D eigenvalue weighted by atomic mass is 32.1. The van der Waals surface area contributed by atoms with E-state index in [2.05, 4.69) is 46.2 Å². The second-order valence-electron chi connectivity index (χ2n) is 30.1. The van der Waals surface area contributed by atoms with Crippen LogP contribution in [0.25, 0.3) is 0 Å². The van der Waals surface area contributed by atoms with E-state index in [1.54, 1.807) is 158 Å². The van der Waals surface area contributed by atoms with Crippen LogP contribution in [-0.4, -0.2) is 223 Å². The van der Waals surface area contributed by atoms with Crippen molar-refractivity contribution in [3.05, 3.63) is 181 Å². The van der Waals surface area contributed by atoms with Crippen LogP contribution < -0.4 is 21.8 Å². The molecule has 0 bridgehead atoms. The largest absolute Gasteiger partial charge is 0.411 e. The molecule has 0 spiro atoms. The predicted molar refractivity (Wildman–Crippen MR) is 466 cm³/mol. The summed E-state index contributed by atoms with van der Waals surface area (Å²) in [6, 6.07) is 28.7. The Morgan fingerprint density at radius 1 is 0.587 bits per heavy atom. The maximum atomic E-state index is 14.8. The van der Waals surface area contributed by atoms with Gasteiger partial charge in [0.25, 0.3) is 5.91 Å². The number of nitrogens with two attached hydrogens (primary N) is 1. The Balaban J connectivity index is 0.000000369. The fraction of sp³-hybridized carbons (Fsp3) is 0.615. The van der Waals surface area contributed by atoms with Gasteiger partial charge in [0, 0.05) is 182 Å². The minimum absolute atomic E-state index is 0.0265. The molecule has 4 aliphatic carbocycles. The van der Waals surface area contributed by atoms with E-state index in [-0.39, 0.29) is 120 Å². The van der Waals surface area contributed by atoms with Crippen molar-refractivity contribution in [3.8, 4) is 0 Å². The van der Waals surface area contributed by atoms with Crippen LogP contribution >= 0.6 is 12.2 Å². The van der Waals surface area contributed by atoms with E-state index in [1.165, 1.54) is 30.1 Å². The van der Waals surface area contributed by atoms with Gasteiger partial charge in [-0.2, -0.15) is 5.48 Å². The van der Waals surface area contributed by atoms with Crippen molar-refractivity contribution in [2.75, 3.05) is 112 Å². The molecule has 0 aromatic heterocycles. The number of aliphatic hydroxyl groups excluding tert-OH is 3. The number of carbonyl (C=O) groups excluding carboxylic acids is 2. The standard InChI is InChI=1S/C22H25FN2O3S.C14H18FNO2.C14H20FNO2.C10H20O3.C9H18O3.C8H13NO2.C8H15NO2.C6H12O3/c1-28-17-11-12-22(16(13-17)14-26,18-9-5-6-10-19(18)23)25-21(29)24-20(27)15-7-3-2-4-8-15;1-17-11-6-7-14(10(8-11)9-18-16-14)12-4-2-3-5-13(12)15;1-18-11-6-7-14(16,10(8-11)9-17)12-4-2-3-5-13(12)15;1-5-6-9(11-2)7-8-10(12-3)13-4;1-4-5-8(10)6-7-9(11-2)12-3;1-10-7-2-3-8-6(4-7)5-11-9-8;1-3-5-8(11-2)6-4-7-9-10;1-8-6(9-2)4-3-5-7/h2-10,16-17,26H,11-14H2,1H3,(H2,24,25,27,29);2-5,10-11,16H,6-9H2,1H3;2-5,10-11,17H,6-9,16H2,1H3;5,9-10H,1,6-8H2,2-4H3;4,8-10H,1,5-7H2,2-3H3;6-7H,2-5H2,1H3;3,7-8,10H,1,4-6H2,2H3;5-6H,3-4H2,1-2H3/t16-,17?,22-;2*10-,11?,14-;;;;;/m000...../s1. The molecule has 30 heteroatoms. The molecule has 0 radical (unpaired) electrons. The second-order valence-corrected chi connectivity index (χ2v) is 30.5. The third-order valence-electron chi connectivity index (χ3n) is 22.8. The molecule has 4 aromatic rings. The third kappa shape index (κ3) is 36.7. The van der Waals surface area contributed by atoms with Crippen LogP contribution in [0, 0.1) is 41.1 Å². The fourth-order valence-corrected chi connectivity index (χ4v) is 15.8. The topological polar surface area (TPSA) is 331 Å². The number of oxime groups is 2. The molecular formula is C91H141F3N6O20S. The number of ether oxygens (including phenoxy) is 12. The van der Waals surface area contributed by atoms with E-state index < -0.39 is 11.1 Å². The number of fused-ring (bicyclic) bond motifs is 2. The average Bonchev–Trinajstić information content (AvgIpc) is 1.74. The number of aliphatic hydroxyl groups is 3. The molecule has 4 saturated carbocycles. The second kappa shape index (κ2) is 62.3. The van der Waals surface area contributed by atoms with Crippen LogP contribution in [0.5, 0.6) is 0 Å². The molecule has 2 aliphatic heterocycles. The summed E-state index contributed by atoms with van der Waals surface area (Å²) < 4.78 is 104. The van der Waals surface area contributed by atoms with Gasteiger partial charge in [0.05, 0.1) is 66.1 Å². The van der Waals surface area contributed by atoms with E-state index in [9.17, 15) is 38.1 Å². The first kappa shape index (κ1) is 108. The number of hydrogen-bond acceptors (Lipinski definition) is 25. The number of nitrogens with one attached hydrogen (secondary N) is 3. The lowest BCUT2D eigenvalue weighted by Crippen LogP contribution is -2.58. The Morgan fingerprint density at radius 2 is 1.07 bits per heavy atom. The molecule has 8 unspecified atom stereocenters. The molecule has 26 nitrogen and oxygen atoms in total. The van der Waals surface area contributed by atoms with Gasteiger partial charge in [0.2, 0.25) is 0 Å². The number of nitrogens with zero attached hydrogens (tertiary/aromatic N) is 2. The third-order valence-corrected chi connectivity index (χ3v) is 23.0. The highest BCUT2D eigenvalue weighted by molar-refractivity contribution is 7.80. The van der Waals surface area contributed by atoms with Gasteiger partial charge in [-0.3, -0.25) is 10.1 Å². The lowest BCUT2D eigenvalue weighted by atomic mass is 9.68. The smallest absolute Gasteiger partial charge is 0.257 e. The van der Waals surface area contributed by atoms with Crippen molar-refractivity contribution < 1.29 is 110 Å². The number of amides is 1. The van der Waals surface area contributed by atoms with Gasteiger partial charge in [0.1, 0.15) is 30.3 Å². The molecule has 121 heavy (non-hydrogen) atoms. The Hall–Kier alpha value is -6.86. The summed E-state index contributed by atoms with van der Waals surface area (Å²) in [6.45, 7) is 12.0. The summed E-state index contributed by atoms with van der Waals surface area (Å²) in [6.07, 6.45) is 26.0. The minimum Gasteiger partial charge on any atom is -0.411 e. The zero-order chi connectivity index (χ0) is 89.4. The van der Waals surface area contributed by atoms with Crippen LogP contribution in [0.2, 0.25) is 0 Å². The van der Waals surface area contributed by atoms with Crippen LogP contribution in [0.3, 0.4) is 0 Å². The SMILES string of the molecule is C=CCC(CCC(OC)OC)OC.C=CCC(CCC=NO)OC.C=CCC(O)CCC(OC)OC.COC(CCC=O)OC.COC1CCC2=NOCC2C1.COC1CC[C@@](N)(c2ccccc2F)[C@H](CO)C1.COC1CC[C@@](NC(=S)NC(=O)c2ccccc2)(c2ccccc2F)[C@H](CO)C1.COC1CC[C@]2(c3ccccc3F)NOC[C@@H]2C1. The molecule has 14 atom stereocenters. The first-order chi connectivity index (χ1) is 58.5. The molecule has 2 heterocycles. The molecule has 5 fully saturated rings. The number of aldehydes is 1. The van der Waals surface area contributed by atoms with Crippen LogP contribution in [-0.2, 0) is 87.9 Å². The van der Waals surface area contributed by atoms with Crippen molar-refractivity contribution in [2.45, 2.75) is 226 Å². The summed E-state index contributed by atoms with van der Waals surface area (Å²) in [4.78, 5) is 32.7. The maximum absolute atomic E-state index is 14.8. The zero-order valence-corrected chi connectivity index (χ0v) is 74.1. The minimum atomic E-state index is -0.948.